The Labute approximate surface area is 159 Å². The summed E-state index contributed by atoms with van der Waals surface area (Å²) in [7, 11) is 0. The normalized spacial score (nSPS) is 11.2. The molecule has 0 fully saturated rings. The number of carbonyl (C=O) groups excluding carboxylic acids is 2. The van der Waals surface area contributed by atoms with Crippen molar-refractivity contribution in [2.24, 2.45) is 0 Å². The molecule has 9 heteroatoms. The number of hydrogen-bond donors (Lipinski definition) is 2. The van der Waals surface area contributed by atoms with Gasteiger partial charge in [0.1, 0.15) is 5.60 Å². The summed E-state index contributed by atoms with van der Waals surface area (Å²) in [6.07, 6.45) is -0.443. The van der Waals surface area contributed by atoms with Gasteiger partial charge in [-0.05, 0) is 32.2 Å². The maximum absolute atomic E-state index is 11.9. The van der Waals surface area contributed by atoms with E-state index in [1.54, 1.807) is 11.3 Å². The maximum Gasteiger partial charge on any atom is 0.407 e. The Kier molecular flexibility index (Phi) is 7.27. The number of thiazole rings is 1. The summed E-state index contributed by atoms with van der Waals surface area (Å²) in [6.45, 7) is 5.89. The number of aromatic nitrogens is 1. The Morgan fingerprint density at radius 2 is 2.12 bits per heavy atom. The van der Waals surface area contributed by atoms with Gasteiger partial charge in [-0.25, -0.2) is 9.78 Å². The summed E-state index contributed by atoms with van der Waals surface area (Å²) in [5.74, 6) is 0.837. The fourth-order valence-electron chi connectivity index (χ4n) is 1.73. The molecule has 0 aliphatic rings. The molecule has 0 spiro atoms. The van der Waals surface area contributed by atoms with E-state index >= 15 is 0 Å². The number of anilines is 1. The zero-order valence-electron chi connectivity index (χ0n) is 14.3. The van der Waals surface area contributed by atoms with Crippen LogP contribution >= 0.6 is 34.4 Å². The minimum absolute atomic E-state index is 0.102. The van der Waals surface area contributed by atoms with Crippen LogP contribution in [0.25, 0.3) is 10.6 Å². The first-order chi connectivity index (χ1) is 11.8. The van der Waals surface area contributed by atoms with Crippen molar-refractivity contribution in [1.29, 1.82) is 0 Å². The monoisotopic (exact) mass is 399 g/mol. The number of hydrogen-bond acceptors (Lipinski definition) is 7. The fraction of sp³-hybridized carbons (Fsp3) is 0.438. The molecule has 0 aliphatic heterocycles. The molecular weight excluding hydrogens is 378 g/mol. The Bertz CT molecular complexity index is 693. The van der Waals surface area contributed by atoms with Crippen molar-refractivity contribution >= 4 is 51.6 Å². The van der Waals surface area contributed by atoms with Crippen molar-refractivity contribution in [1.82, 2.24) is 10.3 Å². The van der Waals surface area contributed by atoms with Crippen LogP contribution in [0.3, 0.4) is 0 Å². The zero-order chi connectivity index (χ0) is 18.3. The smallest absolute Gasteiger partial charge is 0.407 e. The third-order valence-corrected chi connectivity index (χ3v) is 5.28. The molecule has 0 unspecified atom stereocenters. The van der Waals surface area contributed by atoms with Crippen LogP contribution in [0.4, 0.5) is 9.93 Å². The molecule has 6 nitrogen and oxygen atoms in total. The van der Waals surface area contributed by atoms with E-state index in [0.717, 1.165) is 10.6 Å². The van der Waals surface area contributed by atoms with Gasteiger partial charge >= 0.3 is 6.09 Å². The number of thiophene rings is 1. The van der Waals surface area contributed by atoms with Crippen molar-refractivity contribution in [3.05, 3.63) is 22.9 Å². The number of thioether (sulfide) groups is 1. The molecule has 0 aromatic carbocycles. The third kappa shape index (κ3) is 7.45. The molecule has 2 aromatic rings. The van der Waals surface area contributed by atoms with Gasteiger partial charge in [0, 0.05) is 17.7 Å². The predicted molar refractivity (Wildman–Crippen MR) is 106 cm³/mol. The number of ether oxygens (including phenoxy) is 1. The molecule has 136 valence electrons. The molecule has 0 saturated heterocycles. The lowest BCUT2D eigenvalue weighted by molar-refractivity contribution is -0.113. The zero-order valence-corrected chi connectivity index (χ0v) is 16.8. The second kappa shape index (κ2) is 9.21. The van der Waals surface area contributed by atoms with Crippen LogP contribution in [0.1, 0.15) is 20.8 Å². The lowest BCUT2D eigenvalue weighted by atomic mass is 10.2. The molecule has 0 radical (unpaired) electrons. The molecule has 0 bridgehead atoms. The van der Waals surface area contributed by atoms with E-state index in [1.165, 1.54) is 23.1 Å². The number of rotatable bonds is 7. The Balaban J connectivity index is 1.62. The second-order valence-electron chi connectivity index (χ2n) is 6.04. The number of alkyl carbamates (subject to hydrolysis) is 1. The Hall–Kier alpha value is -1.58. The first-order valence-electron chi connectivity index (χ1n) is 7.67. The van der Waals surface area contributed by atoms with E-state index in [0.29, 0.717) is 23.2 Å². The summed E-state index contributed by atoms with van der Waals surface area (Å²) >= 11 is 4.47. The summed E-state index contributed by atoms with van der Waals surface area (Å²) < 4.78 is 5.13. The van der Waals surface area contributed by atoms with Gasteiger partial charge in [-0.15, -0.1) is 22.7 Å². The molecule has 2 aromatic heterocycles. The van der Waals surface area contributed by atoms with Gasteiger partial charge in [-0.1, -0.05) is 6.07 Å². The van der Waals surface area contributed by atoms with Gasteiger partial charge < -0.3 is 15.4 Å². The van der Waals surface area contributed by atoms with Crippen LogP contribution in [-0.4, -0.2) is 40.6 Å². The van der Waals surface area contributed by atoms with Crippen LogP contribution < -0.4 is 10.6 Å². The highest BCUT2D eigenvalue weighted by atomic mass is 32.2. The molecule has 0 saturated carbocycles. The summed E-state index contributed by atoms with van der Waals surface area (Å²) in [4.78, 5) is 28.9. The van der Waals surface area contributed by atoms with Gasteiger partial charge in [0.15, 0.2) is 5.13 Å². The first kappa shape index (κ1) is 19.7. The average molecular weight is 400 g/mol. The predicted octanol–water partition coefficient (Wildman–Crippen LogP) is 4.07. The lowest BCUT2D eigenvalue weighted by Crippen LogP contribution is -2.33. The van der Waals surface area contributed by atoms with Gasteiger partial charge in [-0.2, -0.15) is 11.8 Å². The SMILES string of the molecule is CC(C)(C)OC(=O)NCCSCC(=O)Nc1nc(-c2cccs2)cs1. The van der Waals surface area contributed by atoms with Gasteiger partial charge in [-0.3, -0.25) is 4.79 Å². The highest BCUT2D eigenvalue weighted by molar-refractivity contribution is 7.99. The molecule has 2 rings (SSSR count). The molecule has 0 atom stereocenters. The van der Waals surface area contributed by atoms with Gasteiger partial charge in [0.05, 0.1) is 16.3 Å². The van der Waals surface area contributed by atoms with Gasteiger partial charge in [0.25, 0.3) is 0 Å². The van der Waals surface area contributed by atoms with E-state index in [1.807, 2.05) is 43.7 Å². The van der Waals surface area contributed by atoms with Gasteiger partial charge in [0.2, 0.25) is 5.91 Å². The Morgan fingerprint density at radius 1 is 1.32 bits per heavy atom. The molecule has 25 heavy (non-hydrogen) atoms. The van der Waals surface area contributed by atoms with Crippen LogP contribution in [0, 0.1) is 0 Å². The second-order valence-corrected chi connectivity index (χ2v) is 8.96. The minimum atomic E-state index is -0.507. The highest BCUT2D eigenvalue weighted by Crippen LogP contribution is 2.28. The number of amides is 2. The largest absolute Gasteiger partial charge is 0.444 e. The molecule has 0 aliphatic carbocycles. The van der Waals surface area contributed by atoms with E-state index in [4.69, 9.17) is 4.74 Å². The van der Waals surface area contributed by atoms with Crippen molar-refractivity contribution in [2.45, 2.75) is 26.4 Å². The van der Waals surface area contributed by atoms with Crippen LogP contribution in [-0.2, 0) is 9.53 Å². The summed E-state index contributed by atoms with van der Waals surface area (Å²) in [6, 6.07) is 3.97. The standard InChI is InChI=1S/C16H21N3O3S3/c1-16(2,3)22-15(21)17-6-8-23-10-13(20)19-14-18-11(9-25-14)12-5-4-7-24-12/h4-5,7,9H,6,8,10H2,1-3H3,(H,17,21)(H,18,19,20). The van der Waals surface area contributed by atoms with Crippen molar-refractivity contribution in [3.63, 3.8) is 0 Å². The fourth-order valence-corrected chi connectivity index (χ4v) is 3.86. The quantitative estimate of drug-likeness (QED) is 0.686. The van der Waals surface area contributed by atoms with Crippen molar-refractivity contribution in [3.8, 4) is 10.6 Å². The summed E-state index contributed by atoms with van der Waals surface area (Å²) in [5.41, 5.74) is 0.372. The maximum atomic E-state index is 11.9. The molecular formula is C16H21N3O3S3. The lowest BCUT2D eigenvalue weighted by Gasteiger charge is -2.19. The van der Waals surface area contributed by atoms with E-state index in [9.17, 15) is 9.59 Å². The van der Waals surface area contributed by atoms with Crippen molar-refractivity contribution in [2.75, 3.05) is 23.4 Å². The first-order valence-corrected chi connectivity index (χ1v) is 10.6. The Morgan fingerprint density at radius 3 is 2.80 bits per heavy atom. The third-order valence-electron chi connectivity index (χ3n) is 2.67. The highest BCUT2D eigenvalue weighted by Gasteiger charge is 2.15. The average Bonchev–Trinajstić information content (AvgIpc) is 3.15. The van der Waals surface area contributed by atoms with E-state index in [-0.39, 0.29) is 5.91 Å². The van der Waals surface area contributed by atoms with Crippen molar-refractivity contribution < 1.29 is 14.3 Å². The molecule has 2 amide bonds. The number of nitrogens with one attached hydrogen (secondary N) is 2. The number of carbonyl (C=O) groups is 2. The van der Waals surface area contributed by atoms with Crippen LogP contribution in [0.15, 0.2) is 22.9 Å². The van der Waals surface area contributed by atoms with E-state index in [2.05, 4.69) is 15.6 Å². The summed E-state index contributed by atoms with van der Waals surface area (Å²) in [5, 5.41) is 9.98. The number of nitrogens with zero attached hydrogens (tertiary/aromatic N) is 1. The van der Waals surface area contributed by atoms with Crippen LogP contribution in [0.2, 0.25) is 0 Å². The molecule has 2 heterocycles. The minimum Gasteiger partial charge on any atom is -0.444 e. The topological polar surface area (TPSA) is 80.3 Å². The molecule has 2 N–H and O–H groups in total. The van der Waals surface area contributed by atoms with Crippen LogP contribution in [0.5, 0.6) is 0 Å². The van der Waals surface area contributed by atoms with E-state index < -0.39 is 11.7 Å².